The van der Waals surface area contributed by atoms with Crippen molar-refractivity contribution in [3.8, 4) is 11.5 Å². The van der Waals surface area contributed by atoms with Gasteiger partial charge in [-0.05, 0) is 45.8 Å². The fourth-order valence-electron chi connectivity index (χ4n) is 1.78. The van der Waals surface area contributed by atoms with E-state index in [1.54, 1.807) is 19.2 Å². The largest absolute Gasteiger partial charge is 0.493 e. The van der Waals surface area contributed by atoms with Gasteiger partial charge in [-0.15, -0.1) is 0 Å². The lowest BCUT2D eigenvalue weighted by Gasteiger charge is -2.14. The van der Waals surface area contributed by atoms with Gasteiger partial charge in [0.15, 0.2) is 11.5 Å². The number of rotatable bonds is 5. The van der Waals surface area contributed by atoms with Gasteiger partial charge in [-0.3, -0.25) is 0 Å². The highest BCUT2D eigenvalue weighted by Crippen LogP contribution is 2.37. The molecule has 2 rings (SSSR count). The first-order chi connectivity index (χ1) is 10.0. The van der Waals surface area contributed by atoms with E-state index in [-0.39, 0.29) is 0 Å². The van der Waals surface area contributed by atoms with Crippen LogP contribution in [-0.4, -0.2) is 12.1 Å². The standard InChI is InChI=1S/C15H13BrClNO2S/c1-19-13-7-10(15(18)21)6-12(16)14(13)20-8-9-3-2-4-11(17)5-9/h2-7H,8H2,1H3,(H2,18,21). The quantitative estimate of drug-likeness (QED) is 0.777. The third-order valence-corrected chi connectivity index (χ3v) is 3.85. The first-order valence-electron chi connectivity index (χ1n) is 6.06. The molecule has 3 nitrogen and oxygen atoms in total. The molecule has 6 heteroatoms. The maximum atomic E-state index is 5.95. The van der Waals surface area contributed by atoms with Gasteiger partial charge in [-0.25, -0.2) is 0 Å². The Morgan fingerprint density at radius 2 is 2.10 bits per heavy atom. The Hall–Kier alpha value is -1.30. The van der Waals surface area contributed by atoms with Gasteiger partial charge in [-0.1, -0.05) is 36.0 Å². The van der Waals surface area contributed by atoms with Crippen LogP contribution in [-0.2, 0) is 6.61 Å². The van der Waals surface area contributed by atoms with Crippen LogP contribution in [0.1, 0.15) is 11.1 Å². The molecule has 0 spiro atoms. The molecule has 0 atom stereocenters. The molecule has 2 aromatic carbocycles. The summed E-state index contributed by atoms with van der Waals surface area (Å²) >= 11 is 14.4. The Morgan fingerprint density at radius 3 is 2.71 bits per heavy atom. The number of methoxy groups -OCH3 is 1. The lowest BCUT2D eigenvalue weighted by Crippen LogP contribution is -2.10. The van der Waals surface area contributed by atoms with Crippen molar-refractivity contribution in [2.45, 2.75) is 6.61 Å². The van der Waals surface area contributed by atoms with Crippen LogP contribution in [0.4, 0.5) is 0 Å². The van der Waals surface area contributed by atoms with E-state index >= 15 is 0 Å². The summed E-state index contributed by atoms with van der Waals surface area (Å²) in [6, 6.07) is 11.0. The summed E-state index contributed by atoms with van der Waals surface area (Å²) in [5.74, 6) is 1.16. The molecule has 2 aromatic rings. The maximum absolute atomic E-state index is 5.95. The van der Waals surface area contributed by atoms with E-state index in [1.165, 1.54) is 0 Å². The zero-order chi connectivity index (χ0) is 15.4. The average molecular weight is 387 g/mol. The van der Waals surface area contributed by atoms with Crippen molar-refractivity contribution >= 4 is 44.7 Å². The maximum Gasteiger partial charge on any atom is 0.175 e. The van der Waals surface area contributed by atoms with Crippen molar-refractivity contribution in [3.05, 3.63) is 57.0 Å². The number of hydrogen-bond donors (Lipinski definition) is 1. The van der Waals surface area contributed by atoms with E-state index in [0.29, 0.717) is 33.7 Å². The van der Waals surface area contributed by atoms with E-state index in [4.69, 9.17) is 39.0 Å². The number of benzene rings is 2. The molecular formula is C15H13BrClNO2S. The monoisotopic (exact) mass is 385 g/mol. The minimum Gasteiger partial charge on any atom is -0.493 e. The zero-order valence-corrected chi connectivity index (χ0v) is 14.4. The molecule has 0 saturated heterocycles. The lowest BCUT2D eigenvalue weighted by molar-refractivity contribution is 0.282. The molecule has 0 aliphatic heterocycles. The summed E-state index contributed by atoms with van der Waals surface area (Å²) in [6.45, 7) is 0.377. The van der Waals surface area contributed by atoms with Crippen molar-refractivity contribution in [1.82, 2.24) is 0 Å². The molecule has 0 aromatic heterocycles. The number of ether oxygens (including phenoxy) is 2. The molecule has 0 aliphatic carbocycles. The summed E-state index contributed by atoms with van der Waals surface area (Å²) in [6.07, 6.45) is 0. The third kappa shape index (κ3) is 4.09. The highest BCUT2D eigenvalue weighted by atomic mass is 79.9. The van der Waals surface area contributed by atoms with Crippen LogP contribution in [0.2, 0.25) is 5.02 Å². The van der Waals surface area contributed by atoms with Crippen molar-refractivity contribution in [2.75, 3.05) is 7.11 Å². The topological polar surface area (TPSA) is 44.5 Å². The SMILES string of the molecule is COc1cc(C(N)=S)cc(Br)c1OCc1cccc(Cl)c1. The molecule has 0 amide bonds. The summed E-state index contributed by atoms with van der Waals surface area (Å²) in [5, 5.41) is 0.672. The summed E-state index contributed by atoms with van der Waals surface area (Å²) in [4.78, 5) is 0.301. The zero-order valence-electron chi connectivity index (χ0n) is 11.2. The van der Waals surface area contributed by atoms with Crippen molar-refractivity contribution in [3.63, 3.8) is 0 Å². The molecule has 110 valence electrons. The predicted molar refractivity (Wildman–Crippen MR) is 92.4 cm³/mol. The van der Waals surface area contributed by atoms with Gasteiger partial charge in [0.25, 0.3) is 0 Å². The van der Waals surface area contributed by atoms with Crippen LogP contribution >= 0.6 is 39.7 Å². The highest BCUT2D eigenvalue weighted by molar-refractivity contribution is 9.10. The second-order valence-corrected chi connectivity index (χ2v) is 6.00. The summed E-state index contributed by atoms with van der Waals surface area (Å²) < 4.78 is 11.9. The molecule has 0 heterocycles. The Morgan fingerprint density at radius 1 is 1.33 bits per heavy atom. The van der Waals surface area contributed by atoms with Crippen LogP contribution in [0.3, 0.4) is 0 Å². The summed E-state index contributed by atoms with van der Waals surface area (Å²) in [7, 11) is 1.57. The molecule has 0 radical (unpaired) electrons. The molecule has 21 heavy (non-hydrogen) atoms. The van der Waals surface area contributed by atoms with Crippen molar-refractivity contribution in [1.29, 1.82) is 0 Å². The third-order valence-electron chi connectivity index (χ3n) is 2.79. The van der Waals surface area contributed by atoms with E-state index in [2.05, 4.69) is 15.9 Å². The van der Waals surface area contributed by atoms with Crippen molar-refractivity contribution in [2.24, 2.45) is 5.73 Å². The Bertz CT molecular complexity index is 679. The number of thiocarbonyl (C=S) groups is 1. The Balaban J connectivity index is 2.25. The van der Waals surface area contributed by atoms with Crippen LogP contribution < -0.4 is 15.2 Å². The van der Waals surface area contributed by atoms with Crippen LogP contribution in [0.15, 0.2) is 40.9 Å². The van der Waals surface area contributed by atoms with Crippen LogP contribution in [0, 0.1) is 0 Å². The molecule has 0 unspecified atom stereocenters. The van der Waals surface area contributed by atoms with Gasteiger partial charge in [0.05, 0.1) is 11.6 Å². The molecule has 0 aliphatic rings. The first kappa shape index (κ1) is 16.1. The highest BCUT2D eigenvalue weighted by Gasteiger charge is 2.13. The second kappa shape index (κ2) is 7.11. The number of hydrogen-bond acceptors (Lipinski definition) is 3. The minimum atomic E-state index is 0.301. The van der Waals surface area contributed by atoms with Gasteiger partial charge in [-0.2, -0.15) is 0 Å². The second-order valence-electron chi connectivity index (χ2n) is 4.27. The van der Waals surface area contributed by atoms with Gasteiger partial charge in [0, 0.05) is 10.6 Å². The fourth-order valence-corrected chi connectivity index (χ4v) is 2.67. The number of nitrogens with two attached hydrogens (primary N) is 1. The molecular weight excluding hydrogens is 374 g/mol. The summed E-state index contributed by atoms with van der Waals surface area (Å²) in [5.41, 5.74) is 7.32. The Kier molecular flexibility index (Phi) is 5.45. The predicted octanol–water partition coefficient (Wildman–Crippen LogP) is 4.32. The molecule has 0 fully saturated rings. The van der Waals surface area contributed by atoms with E-state index in [1.807, 2.05) is 24.3 Å². The van der Waals surface area contributed by atoms with E-state index < -0.39 is 0 Å². The van der Waals surface area contributed by atoms with Crippen molar-refractivity contribution < 1.29 is 9.47 Å². The molecule has 0 saturated carbocycles. The van der Waals surface area contributed by atoms with Gasteiger partial charge in [0.2, 0.25) is 0 Å². The van der Waals surface area contributed by atoms with E-state index in [9.17, 15) is 0 Å². The normalized spacial score (nSPS) is 10.2. The Labute approximate surface area is 142 Å². The lowest BCUT2D eigenvalue weighted by atomic mass is 10.2. The number of halogens is 2. The van der Waals surface area contributed by atoms with E-state index in [0.717, 1.165) is 10.0 Å². The van der Waals surface area contributed by atoms with Crippen LogP contribution in [0.5, 0.6) is 11.5 Å². The first-order valence-corrected chi connectivity index (χ1v) is 7.63. The van der Waals surface area contributed by atoms with Gasteiger partial charge < -0.3 is 15.2 Å². The average Bonchev–Trinajstić information content (AvgIpc) is 2.45. The van der Waals surface area contributed by atoms with Crippen LogP contribution in [0.25, 0.3) is 0 Å². The molecule has 2 N–H and O–H groups in total. The van der Waals surface area contributed by atoms with Gasteiger partial charge in [0.1, 0.15) is 11.6 Å². The van der Waals surface area contributed by atoms with Gasteiger partial charge >= 0.3 is 0 Å². The molecule has 0 bridgehead atoms. The minimum absolute atomic E-state index is 0.301. The smallest absolute Gasteiger partial charge is 0.175 e. The fraction of sp³-hybridized carbons (Fsp3) is 0.133.